The van der Waals surface area contributed by atoms with Crippen molar-refractivity contribution in [2.75, 3.05) is 0 Å². The maximum Gasteiger partial charge on any atom is 0.252 e. The van der Waals surface area contributed by atoms with Gasteiger partial charge in [-0.2, -0.15) is 5.26 Å². The molecule has 0 bridgehead atoms. The summed E-state index contributed by atoms with van der Waals surface area (Å²) in [7, 11) is 0. The van der Waals surface area contributed by atoms with Gasteiger partial charge in [0.2, 0.25) is 0 Å². The molecule has 1 aromatic heterocycles. The minimum atomic E-state index is -0.732. The van der Waals surface area contributed by atoms with Crippen LogP contribution in [0.2, 0.25) is 0 Å². The Balaban J connectivity index is 1.65. The van der Waals surface area contributed by atoms with Crippen molar-refractivity contribution < 1.29 is 9.53 Å². The van der Waals surface area contributed by atoms with Crippen molar-refractivity contribution in [3.63, 3.8) is 0 Å². The molecule has 1 aliphatic rings. The summed E-state index contributed by atoms with van der Waals surface area (Å²) in [5, 5.41) is 15.4. The van der Waals surface area contributed by atoms with Crippen LogP contribution in [0, 0.1) is 18.3 Å². The number of hydrogen-bond donors (Lipinski definition) is 1. The average molecular weight is 355 g/mol. The highest BCUT2D eigenvalue weighted by atomic mass is 32.1. The van der Waals surface area contributed by atoms with Gasteiger partial charge in [-0.1, -0.05) is 25.3 Å². The highest BCUT2D eigenvalue weighted by Gasteiger charge is 2.33. The van der Waals surface area contributed by atoms with Gasteiger partial charge < -0.3 is 10.1 Å². The van der Waals surface area contributed by atoms with Crippen LogP contribution in [0.25, 0.3) is 0 Å². The Labute approximate surface area is 151 Å². The van der Waals surface area contributed by atoms with Gasteiger partial charge in [-0.15, -0.1) is 11.3 Å². The Hall–Kier alpha value is -2.39. The quantitative estimate of drug-likeness (QED) is 0.880. The fourth-order valence-electron chi connectivity index (χ4n) is 3.07. The molecule has 0 aliphatic heterocycles. The number of nitrogens with one attached hydrogen (secondary N) is 1. The van der Waals surface area contributed by atoms with Gasteiger partial charge in [0, 0.05) is 10.9 Å². The fourth-order valence-corrected chi connectivity index (χ4v) is 3.67. The summed E-state index contributed by atoms with van der Waals surface area (Å²) in [6, 6.07) is 9.37. The third kappa shape index (κ3) is 4.37. The molecule has 25 heavy (non-hydrogen) atoms. The number of thiazole rings is 1. The summed E-state index contributed by atoms with van der Waals surface area (Å²) < 4.78 is 5.74. The summed E-state index contributed by atoms with van der Waals surface area (Å²) in [5.74, 6) is 0.395. The zero-order valence-corrected chi connectivity index (χ0v) is 15.1. The van der Waals surface area contributed by atoms with Gasteiger partial charge >= 0.3 is 0 Å². The van der Waals surface area contributed by atoms with Crippen LogP contribution in [0.15, 0.2) is 29.6 Å². The Morgan fingerprint density at radius 2 is 2.20 bits per heavy atom. The normalized spacial score (nSPS) is 16.0. The van der Waals surface area contributed by atoms with Crippen LogP contribution in [-0.4, -0.2) is 16.4 Å². The lowest BCUT2D eigenvalue weighted by molar-refractivity contribution is 0.0902. The van der Waals surface area contributed by atoms with Crippen LogP contribution in [0.1, 0.15) is 53.2 Å². The molecule has 0 unspecified atom stereocenters. The first-order valence-electron chi connectivity index (χ1n) is 8.48. The molecule has 1 amide bonds. The van der Waals surface area contributed by atoms with Crippen LogP contribution >= 0.6 is 11.3 Å². The summed E-state index contributed by atoms with van der Waals surface area (Å²) in [6.45, 7) is 2.33. The van der Waals surface area contributed by atoms with E-state index in [1.807, 2.05) is 18.4 Å². The van der Waals surface area contributed by atoms with Gasteiger partial charge in [-0.25, -0.2) is 4.98 Å². The Kier molecular flexibility index (Phi) is 5.34. The maximum absolute atomic E-state index is 12.6. The van der Waals surface area contributed by atoms with Crippen LogP contribution in [0.4, 0.5) is 0 Å². The number of benzene rings is 1. The third-order valence-electron chi connectivity index (χ3n) is 4.42. The van der Waals surface area contributed by atoms with E-state index in [0.29, 0.717) is 30.8 Å². The van der Waals surface area contributed by atoms with Gasteiger partial charge in [-0.05, 0) is 38.0 Å². The number of aromatic nitrogens is 1. The highest BCUT2D eigenvalue weighted by molar-refractivity contribution is 7.09. The fraction of sp³-hybridized carbons (Fsp3) is 0.421. The van der Waals surface area contributed by atoms with Gasteiger partial charge in [0.1, 0.15) is 17.9 Å². The molecule has 0 spiro atoms. The van der Waals surface area contributed by atoms with E-state index >= 15 is 0 Å². The number of amides is 1. The molecule has 130 valence electrons. The molecule has 0 saturated heterocycles. The van der Waals surface area contributed by atoms with Crippen molar-refractivity contribution in [2.45, 2.75) is 51.2 Å². The second kappa shape index (κ2) is 7.66. The Morgan fingerprint density at radius 1 is 1.40 bits per heavy atom. The minimum absolute atomic E-state index is 0.224. The first-order valence-corrected chi connectivity index (χ1v) is 9.36. The molecule has 3 rings (SSSR count). The molecular weight excluding hydrogens is 334 g/mol. The van der Waals surface area contributed by atoms with Gasteiger partial charge in [0.05, 0.1) is 16.8 Å². The molecule has 1 aromatic carbocycles. The Bertz CT molecular complexity index is 788. The largest absolute Gasteiger partial charge is 0.487 e. The van der Waals surface area contributed by atoms with E-state index in [4.69, 9.17) is 4.74 Å². The molecule has 1 heterocycles. The lowest BCUT2D eigenvalue weighted by Gasteiger charge is -2.31. The van der Waals surface area contributed by atoms with Crippen molar-refractivity contribution in [2.24, 2.45) is 0 Å². The third-order valence-corrected chi connectivity index (χ3v) is 5.25. The van der Waals surface area contributed by atoms with E-state index < -0.39 is 5.54 Å². The van der Waals surface area contributed by atoms with Crippen LogP contribution < -0.4 is 10.1 Å². The molecule has 6 heteroatoms. The molecular formula is C19H21N3O2S. The summed E-state index contributed by atoms with van der Waals surface area (Å²) in [4.78, 5) is 16.9. The number of carbonyl (C=O) groups is 1. The van der Waals surface area contributed by atoms with Crippen molar-refractivity contribution >= 4 is 17.2 Å². The van der Waals surface area contributed by atoms with Crippen LogP contribution in [0.5, 0.6) is 5.75 Å². The molecule has 1 fully saturated rings. The number of ether oxygens (including phenoxy) is 1. The summed E-state index contributed by atoms with van der Waals surface area (Å²) >= 11 is 1.58. The average Bonchev–Trinajstić information content (AvgIpc) is 3.06. The van der Waals surface area contributed by atoms with E-state index in [2.05, 4.69) is 16.4 Å². The predicted molar refractivity (Wildman–Crippen MR) is 96.5 cm³/mol. The number of aryl methyl sites for hydroxylation is 1. The zero-order valence-electron chi connectivity index (χ0n) is 14.2. The van der Waals surface area contributed by atoms with Crippen molar-refractivity contribution in [3.05, 3.63) is 45.9 Å². The zero-order chi connectivity index (χ0) is 17.7. The summed E-state index contributed by atoms with van der Waals surface area (Å²) in [6.07, 6.45) is 4.51. The van der Waals surface area contributed by atoms with E-state index in [9.17, 15) is 10.1 Å². The monoisotopic (exact) mass is 355 g/mol. The maximum atomic E-state index is 12.6. The van der Waals surface area contributed by atoms with Gasteiger partial charge in [0.15, 0.2) is 0 Å². The number of rotatable bonds is 5. The molecule has 1 saturated carbocycles. The lowest BCUT2D eigenvalue weighted by Crippen LogP contribution is -2.48. The Morgan fingerprint density at radius 3 is 2.88 bits per heavy atom. The molecule has 5 nitrogen and oxygen atoms in total. The van der Waals surface area contributed by atoms with Gasteiger partial charge in [0.25, 0.3) is 5.91 Å². The lowest BCUT2D eigenvalue weighted by atomic mass is 9.82. The van der Waals surface area contributed by atoms with E-state index in [0.717, 1.165) is 30.0 Å². The van der Waals surface area contributed by atoms with Crippen LogP contribution in [0.3, 0.4) is 0 Å². The standard InChI is InChI=1S/C19H21N3O2S/c1-14-21-16(12-25-14)11-24-17-7-5-6-15(10-17)18(23)22-19(13-20)8-3-2-4-9-19/h5-7,10,12H,2-4,8-9,11H2,1H3,(H,22,23). The van der Waals surface area contributed by atoms with E-state index in [1.54, 1.807) is 29.5 Å². The SMILES string of the molecule is Cc1nc(COc2cccc(C(=O)NC3(C#N)CCCCC3)c2)cs1. The van der Waals surface area contributed by atoms with E-state index in [-0.39, 0.29) is 5.91 Å². The van der Waals surface area contributed by atoms with Gasteiger partial charge in [-0.3, -0.25) is 4.79 Å². The first-order chi connectivity index (χ1) is 12.1. The number of nitriles is 1. The topological polar surface area (TPSA) is 75.0 Å². The predicted octanol–water partition coefficient (Wildman–Crippen LogP) is 3.99. The highest BCUT2D eigenvalue weighted by Crippen LogP contribution is 2.28. The number of nitrogens with zero attached hydrogens (tertiary/aromatic N) is 2. The molecule has 0 radical (unpaired) electrons. The van der Waals surface area contributed by atoms with E-state index in [1.165, 1.54) is 0 Å². The minimum Gasteiger partial charge on any atom is -0.487 e. The second-order valence-electron chi connectivity index (χ2n) is 6.38. The first kappa shape index (κ1) is 17.4. The van der Waals surface area contributed by atoms with Crippen molar-refractivity contribution in [1.29, 1.82) is 5.26 Å². The molecule has 1 N–H and O–H groups in total. The number of hydrogen-bond acceptors (Lipinski definition) is 5. The molecule has 2 aromatic rings. The molecule has 0 atom stereocenters. The van der Waals surface area contributed by atoms with Crippen molar-refractivity contribution in [1.82, 2.24) is 10.3 Å². The smallest absolute Gasteiger partial charge is 0.252 e. The molecule has 1 aliphatic carbocycles. The summed E-state index contributed by atoms with van der Waals surface area (Å²) in [5.41, 5.74) is 0.653. The number of carbonyl (C=O) groups excluding carboxylic acids is 1. The second-order valence-corrected chi connectivity index (χ2v) is 7.45. The van der Waals surface area contributed by atoms with Crippen LogP contribution in [-0.2, 0) is 6.61 Å². The van der Waals surface area contributed by atoms with Crippen molar-refractivity contribution in [3.8, 4) is 11.8 Å².